The normalized spacial score (nSPS) is 17.6. The highest BCUT2D eigenvalue weighted by Gasteiger charge is 2.49. The Morgan fingerprint density at radius 1 is 1.21 bits per heavy atom. The predicted molar refractivity (Wildman–Crippen MR) is 135 cm³/mol. The number of hydrogen-bond acceptors (Lipinski definition) is 6. The van der Waals surface area contributed by atoms with E-state index in [4.69, 9.17) is 4.74 Å². The third kappa shape index (κ3) is 6.60. The van der Waals surface area contributed by atoms with E-state index in [-0.39, 0.29) is 11.4 Å². The van der Waals surface area contributed by atoms with Gasteiger partial charge in [-0.25, -0.2) is 27.7 Å². The Morgan fingerprint density at radius 3 is 2.47 bits per heavy atom. The number of benzene rings is 1. The summed E-state index contributed by atoms with van der Waals surface area (Å²) < 4.78 is 50.1. The molecule has 204 valence electrons. The average Bonchev–Trinajstić information content (AvgIpc) is 2.78. The number of nitrogens with zero attached hydrogens (tertiary/aromatic N) is 3. The van der Waals surface area contributed by atoms with Gasteiger partial charge in [-0.1, -0.05) is 0 Å². The quantitative estimate of drug-likeness (QED) is 0.457. The van der Waals surface area contributed by atoms with Crippen LogP contribution in [0.15, 0.2) is 39.9 Å². The number of amides is 3. The fraction of sp³-hybridized carbons (Fsp3) is 0.375. The van der Waals surface area contributed by atoms with E-state index >= 15 is 4.39 Å². The number of halogens is 4. The summed E-state index contributed by atoms with van der Waals surface area (Å²) in [4.78, 5) is 45.3. The van der Waals surface area contributed by atoms with Crippen molar-refractivity contribution in [3.8, 4) is 0 Å². The molecule has 1 aliphatic heterocycles. The first-order valence-corrected chi connectivity index (χ1v) is 12.0. The Hall–Kier alpha value is -3.68. The van der Waals surface area contributed by atoms with E-state index in [1.54, 1.807) is 33.8 Å². The van der Waals surface area contributed by atoms with E-state index in [9.17, 15) is 28.3 Å². The van der Waals surface area contributed by atoms with Crippen LogP contribution in [0.5, 0.6) is 0 Å². The number of aliphatic imine (C=N–C) groups is 1. The number of carbonyl (C=O) groups is 3. The number of alkyl halides is 2. The third-order valence-corrected chi connectivity index (χ3v) is 5.77. The van der Waals surface area contributed by atoms with Crippen LogP contribution in [0.3, 0.4) is 0 Å². The second-order valence-corrected chi connectivity index (χ2v) is 10.4. The van der Waals surface area contributed by atoms with Crippen LogP contribution in [0, 0.1) is 12.7 Å². The lowest BCUT2D eigenvalue weighted by atomic mass is 9.88. The lowest BCUT2D eigenvalue weighted by Gasteiger charge is -2.39. The number of carbonyl (C=O) groups excluding carboxylic acids is 2. The van der Waals surface area contributed by atoms with Crippen LogP contribution < -0.4 is 10.6 Å². The largest absolute Gasteiger partial charge is 0.465 e. The van der Waals surface area contributed by atoms with Crippen molar-refractivity contribution in [3.05, 3.63) is 57.6 Å². The van der Waals surface area contributed by atoms with E-state index in [1.165, 1.54) is 6.20 Å². The minimum Gasteiger partial charge on any atom is -0.465 e. The van der Waals surface area contributed by atoms with Crippen molar-refractivity contribution in [2.24, 2.45) is 4.99 Å². The molecule has 0 fully saturated rings. The van der Waals surface area contributed by atoms with Crippen LogP contribution in [-0.2, 0) is 10.3 Å². The Morgan fingerprint density at radius 2 is 1.89 bits per heavy atom. The van der Waals surface area contributed by atoms with E-state index in [2.05, 4.69) is 36.5 Å². The molecule has 0 saturated carbocycles. The van der Waals surface area contributed by atoms with Crippen LogP contribution in [0.2, 0.25) is 0 Å². The fourth-order valence-corrected chi connectivity index (χ4v) is 4.19. The van der Waals surface area contributed by atoms with Gasteiger partial charge in [0.15, 0.2) is 5.54 Å². The fourth-order valence-electron chi connectivity index (χ4n) is 3.75. The van der Waals surface area contributed by atoms with Crippen LogP contribution in [0.1, 0.15) is 42.4 Å². The Balaban J connectivity index is 2.04. The standard InChI is InChI=1S/C24H25BrF3N5O5/c1-12-7-13(25)9-29-18(12)19(34)30-14-5-6-16(26)15(8-14)24(20(27)28)11-33(22(36)37)10-17(32-24)31-21(35)38-23(2,3)4/h5-9,20H,10-11H2,1-4H3,(H,30,34)(H,36,37)(H,31,32,35). The SMILES string of the molecule is Cc1cc(Br)cnc1C(=O)Nc1ccc(F)c(C2(C(F)F)CN(C(=O)O)CC(NC(=O)OC(C)(C)C)=N2)c1. The molecule has 1 aromatic heterocycles. The van der Waals surface area contributed by atoms with E-state index < -0.39 is 66.0 Å². The summed E-state index contributed by atoms with van der Waals surface area (Å²) in [7, 11) is 0. The summed E-state index contributed by atoms with van der Waals surface area (Å²) in [5, 5.41) is 14.2. The monoisotopic (exact) mass is 599 g/mol. The highest BCUT2D eigenvalue weighted by Crippen LogP contribution is 2.39. The molecular weight excluding hydrogens is 575 g/mol. The number of alkyl carbamates (subject to hydrolysis) is 1. The maximum Gasteiger partial charge on any atom is 0.413 e. The minimum atomic E-state index is -3.41. The first-order chi connectivity index (χ1) is 17.6. The van der Waals surface area contributed by atoms with Crippen molar-refractivity contribution < 1.29 is 37.4 Å². The number of rotatable bonds is 4. The molecule has 3 rings (SSSR count). The molecule has 10 nitrogen and oxygen atoms in total. The molecule has 0 aliphatic carbocycles. The van der Waals surface area contributed by atoms with Gasteiger partial charge in [0.1, 0.15) is 22.9 Å². The number of aryl methyl sites for hydroxylation is 1. The lowest BCUT2D eigenvalue weighted by molar-refractivity contribution is 0.0242. The lowest BCUT2D eigenvalue weighted by Crippen LogP contribution is -2.56. The number of hydrogen-bond donors (Lipinski definition) is 3. The van der Waals surface area contributed by atoms with Gasteiger partial charge in [-0.05, 0) is 73.5 Å². The summed E-state index contributed by atoms with van der Waals surface area (Å²) in [6, 6.07) is 4.62. The summed E-state index contributed by atoms with van der Waals surface area (Å²) in [5.41, 5.74) is -3.83. The van der Waals surface area contributed by atoms with Crippen molar-refractivity contribution in [1.82, 2.24) is 15.2 Å². The molecule has 2 heterocycles. The van der Waals surface area contributed by atoms with Gasteiger partial charge in [-0.3, -0.25) is 20.0 Å². The van der Waals surface area contributed by atoms with Crippen LogP contribution >= 0.6 is 15.9 Å². The Labute approximate surface area is 224 Å². The van der Waals surface area contributed by atoms with Crippen LogP contribution in [-0.4, -0.2) is 64.0 Å². The van der Waals surface area contributed by atoms with Gasteiger partial charge in [0, 0.05) is 21.9 Å². The minimum absolute atomic E-state index is 0.0548. The zero-order valence-corrected chi connectivity index (χ0v) is 22.4. The average molecular weight is 600 g/mol. The van der Waals surface area contributed by atoms with Crippen molar-refractivity contribution in [2.75, 3.05) is 18.4 Å². The summed E-state index contributed by atoms with van der Waals surface area (Å²) in [5.74, 6) is -2.25. The molecule has 38 heavy (non-hydrogen) atoms. The van der Waals surface area contributed by atoms with Crippen LogP contribution in [0.4, 0.5) is 28.4 Å². The molecule has 1 aliphatic rings. The molecule has 0 bridgehead atoms. The first kappa shape index (κ1) is 28.9. The van der Waals surface area contributed by atoms with E-state index in [0.717, 1.165) is 18.2 Å². The summed E-state index contributed by atoms with van der Waals surface area (Å²) >= 11 is 3.24. The molecule has 2 aromatic rings. The van der Waals surface area contributed by atoms with Crippen molar-refractivity contribution in [3.63, 3.8) is 0 Å². The molecular formula is C24H25BrF3N5O5. The van der Waals surface area contributed by atoms with Gasteiger partial charge in [0.2, 0.25) is 0 Å². The number of amidine groups is 1. The van der Waals surface area contributed by atoms with Crippen molar-refractivity contribution in [2.45, 2.75) is 45.3 Å². The number of aromatic nitrogens is 1. The highest BCUT2D eigenvalue weighted by molar-refractivity contribution is 9.10. The van der Waals surface area contributed by atoms with Gasteiger partial charge in [-0.15, -0.1) is 0 Å². The van der Waals surface area contributed by atoms with Gasteiger partial charge in [0.25, 0.3) is 12.3 Å². The number of nitrogens with one attached hydrogen (secondary N) is 2. The van der Waals surface area contributed by atoms with Gasteiger partial charge >= 0.3 is 12.2 Å². The molecule has 14 heteroatoms. The molecule has 3 amide bonds. The van der Waals surface area contributed by atoms with Crippen LogP contribution in [0.25, 0.3) is 0 Å². The second kappa shape index (κ2) is 11.0. The molecule has 0 spiro atoms. The van der Waals surface area contributed by atoms with Crippen molar-refractivity contribution >= 4 is 45.5 Å². The number of pyridine rings is 1. The molecule has 1 atom stereocenters. The molecule has 1 aromatic carbocycles. The van der Waals surface area contributed by atoms with Gasteiger partial charge in [-0.2, -0.15) is 0 Å². The smallest absolute Gasteiger partial charge is 0.413 e. The van der Waals surface area contributed by atoms with Gasteiger partial charge < -0.3 is 15.2 Å². The highest BCUT2D eigenvalue weighted by atomic mass is 79.9. The summed E-state index contributed by atoms with van der Waals surface area (Å²) in [6.07, 6.45) is -4.64. The molecule has 3 N–H and O–H groups in total. The number of ether oxygens (including phenoxy) is 1. The zero-order valence-electron chi connectivity index (χ0n) is 20.8. The summed E-state index contributed by atoms with van der Waals surface area (Å²) in [6.45, 7) is 4.90. The molecule has 1 unspecified atom stereocenters. The first-order valence-electron chi connectivity index (χ1n) is 11.2. The van der Waals surface area contributed by atoms with Crippen molar-refractivity contribution in [1.29, 1.82) is 0 Å². The number of anilines is 1. The van der Waals surface area contributed by atoms with Gasteiger partial charge in [0.05, 0.1) is 13.1 Å². The van der Waals surface area contributed by atoms with E-state index in [0.29, 0.717) is 14.9 Å². The zero-order chi connectivity index (χ0) is 28.4. The predicted octanol–water partition coefficient (Wildman–Crippen LogP) is 4.92. The Kier molecular flexibility index (Phi) is 8.34. The second-order valence-electron chi connectivity index (χ2n) is 9.52. The number of carboxylic acid groups (broad SMARTS) is 1. The topological polar surface area (TPSA) is 133 Å². The maximum absolute atomic E-state index is 15.1. The molecule has 0 saturated heterocycles. The maximum atomic E-state index is 15.1. The Bertz CT molecular complexity index is 1300. The third-order valence-electron chi connectivity index (χ3n) is 5.33. The van der Waals surface area contributed by atoms with E-state index in [1.807, 2.05) is 0 Å². The molecule has 0 radical (unpaired) electrons.